The molecule has 7 aromatic carbocycles. The molecule has 3 N–H and O–H groups in total. The van der Waals surface area contributed by atoms with Crippen molar-refractivity contribution in [1.29, 1.82) is 0 Å². The van der Waals surface area contributed by atoms with Gasteiger partial charge in [0.25, 0.3) is 0 Å². The van der Waals surface area contributed by atoms with Gasteiger partial charge >= 0.3 is 38.0 Å². The zero-order chi connectivity index (χ0) is 52.0. The minimum Gasteiger partial charge on any atom is -0.413 e. The van der Waals surface area contributed by atoms with Crippen molar-refractivity contribution in [2.75, 3.05) is 0 Å². The molecule has 6 heterocycles. The molecule has 0 radical (unpaired) electrons. The van der Waals surface area contributed by atoms with Crippen molar-refractivity contribution in [2.24, 2.45) is 0 Å². The molecule has 384 valence electrons. The zero-order valence-electron chi connectivity index (χ0n) is 43.1. The molecule has 0 bridgehead atoms. The van der Waals surface area contributed by atoms with Crippen molar-refractivity contribution in [3.8, 4) is 68.3 Å². The first kappa shape index (κ1) is 50.3. The Kier molecular flexibility index (Phi) is 14.6. The number of aromatic nitrogens is 12. The van der Waals surface area contributed by atoms with E-state index in [2.05, 4.69) is 211 Å². The molecular formula is C66H54IrN12+3. The molecule has 0 aliphatic rings. The Morgan fingerprint density at radius 1 is 0.392 bits per heavy atom. The number of para-hydroxylation sites is 3. The summed E-state index contributed by atoms with van der Waals surface area (Å²) >= 11 is 0. The van der Waals surface area contributed by atoms with E-state index in [-0.39, 0.29) is 20.1 Å². The van der Waals surface area contributed by atoms with Crippen molar-refractivity contribution in [1.82, 2.24) is 43.9 Å². The molecule has 0 saturated carbocycles. The largest absolute Gasteiger partial charge is 3.00 e. The molecule has 13 aromatic rings. The topological polar surface area (TPSA) is 112 Å². The summed E-state index contributed by atoms with van der Waals surface area (Å²) in [6.07, 6.45) is 25.2. The monoisotopic (exact) mass is 1210 g/mol. The van der Waals surface area contributed by atoms with E-state index in [1.54, 1.807) is 0 Å². The maximum absolute atomic E-state index is 4.79. The van der Waals surface area contributed by atoms with Crippen LogP contribution < -0.4 is 14.0 Å². The molecule has 13 heteroatoms. The summed E-state index contributed by atoms with van der Waals surface area (Å²) in [5.41, 5.74) is 16.9. The summed E-state index contributed by atoms with van der Waals surface area (Å²) in [6, 6.07) is 71.4. The second-order valence-corrected chi connectivity index (χ2v) is 19.3. The van der Waals surface area contributed by atoms with Gasteiger partial charge in [-0.1, -0.05) is 188 Å². The van der Waals surface area contributed by atoms with E-state index in [4.69, 9.17) is 15.0 Å². The molecule has 0 unspecified atom stereocenters. The Balaban J connectivity index is 0.00000623. The Labute approximate surface area is 472 Å². The first-order chi connectivity index (χ1) is 38.6. The fourth-order valence-electron chi connectivity index (χ4n) is 10.5. The molecule has 0 aliphatic carbocycles. The minimum absolute atomic E-state index is 0. The van der Waals surface area contributed by atoms with Crippen LogP contribution in [0.25, 0.3) is 68.3 Å². The maximum atomic E-state index is 4.79. The van der Waals surface area contributed by atoms with Crippen LogP contribution in [0, 0.1) is 18.5 Å². The van der Waals surface area contributed by atoms with Crippen LogP contribution in [0.1, 0.15) is 33.8 Å². The summed E-state index contributed by atoms with van der Waals surface area (Å²) in [5, 5.41) is 10.8. The number of hydrogen-bond acceptors (Lipinski definition) is 3. The number of nitrogens with one attached hydrogen (secondary N) is 3. The number of benzene rings is 7. The number of nitrogens with zero attached hydrogens (tertiary/aromatic N) is 9. The number of aromatic amines is 3. The first-order valence-electron chi connectivity index (χ1n) is 26.4. The third-order valence-electron chi connectivity index (χ3n) is 14.2. The summed E-state index contributed by atoms with van der Waals surface area (Å²) in [7, 11) is 0. The van der Waals surface area contributed by atoms with Gasteiger partial charge < -0.3 is 16.3 Å². The average molecular weight is 1210 g/mol. The van der Waals surface area contributed by atoms with Gasteiger partial charge in [0.05, 0.1) is 12.4 Å². The van der Waals surface area contributed by atoms with Crippen LogP contribution in [0.15, 0.2) is 238 Å². The Morgan fingerprint density at radius 2 is 0.759 bits per heavy atom. The second-order valence-electron chi connectivity index (χ2n) is 19.3. The average Bonchev–Trinajstić information content (AvgIpc) is 4.47. The van der Waals surface area contributed by atoms with Gasteiger partial charge in [0.2, 0.25) is 0 Å². The molecule has 0 amide bonds. The van der Waals surface area contributed by atoms with E-state index >= 15 is 0 Å². The summed E-state index contributed by atoms with van der Waals surface area (Å²) in [4.78, 5) is 14.4. The predicted octanol–water partition coefficient (Wildman–Crippen LogP) is 10.8. The summed E-state index contributed by atoms with van der Waals surface area (Å²) in [5.74, 6) is 2.24. The minimum atomic E-state index is 0. The molecule has 12 nitrogen and oxygen atoms in total. The number of H-pyrrole nitrogens is 3. The normalized spacial score (nSPS) is 11.2. The first-order valence-corrected chi connectivity index (χ1v) is 26.4. The van der Waals surface area contributed by atoms with Gasteiger partial charge in [-0.2, -0.15) is 9.25 Å². The number of imidazole rings is 3. The molecule has 13 rings (SSSR count). The Bertz CT molecular complexity index is 3690. The van der Waals surface area contributed by atoms with Gasteiger partial charge in [-0.05, 0) is 88.7 Å². The zero-order valence-corrected chi connectivity index (χ0v) is 45.5. The quantitative estimate of drug-likeness (QED) is 0.0588. The van der Waals surface area contributed by atoms with Gasteiger partial charge in [-0.15, -0.1) is 27.8 Å². The second kappa shape index (κ2) is 23.0. The number of hydrogen-bond donors (Lipinski definition) is 3. The summed E-state index contributed by atoms with van der Waals surface area (Å²) in [6.45, 7) is 0. The van der Waals surface area contributed by atoms with Gasteiger partial charge in [0.1, 0.15) is 41.8 Å². The van der Waals surface area contributed by atoms with Crippen LogP contribution in [0.4, 0.5) is 0 Å². The van der Waals surface area contributed by atoms with Crippen molar-refractivity contribution in [2.45, 2.75) is 38.5 Å². The van der Waals surface area contributed by atoms with E-state index in [9.17, 15) is 0 Å². The fraction of sp³-hybridized carbons (Fsp3) is 0.0909. The van der Waals surface area contributed by atoms with Crippen LogP contribution >= 0.6 is 0 Å². The molecule has 79 heavy (non-hydrogen) atoms. The van der Waals surface area contributed by atoms with Crippen LogP contribution in [0.3, 0.4) is 0 Å². The van der Waals surface area contributed by atoms with Crippen molar-refractivity contribution in [3.63, 3.8) is 0 Å². The third-order valence-corrected chi connectivity index (χ3v) is 14.2. The van der Waals surface area contributed by atoms with Crippen molar-refractivity contribution >= 4 is 0 Å². The van der Waals surface area contributed by atoms with Gasteiger partial charge in [-0.25, -0.2) is 0 Å². The number of rotatable bonds is 18. The molecule has 0 fully saturated rings. The molecule has 0 atom stereocenters. The maximum Gasteiger partial charge on any atom is 3.00 e. The predicted molar refractivity (Wildman–Crippen MR) is 300 cm³/mol. The molecule has 0 spiro atoms. The summed E-state index contributed by atoms with van der Waals surface area (Å²) < 4.78 is 12.1. The van der Waals surface area contributed by atoms with Gasteiger partial charge in [-0.3, -0.25) is 23.6 Å². The van der Waals surface area contributed by atoms with E-state index in [1.807, 2.05) is 87.8 Å². The van der Waals surface area contributed by atoms with Crippen LogP contribution in [-0.2, 0) is 58.6 Å². The smallest absolute Gasteiger partial charge is 0.413 e. The van der Waals surface area contributed by atoms with E-state index in [0.29, 0.717) is 0 Å². The molecule has 0 saturated heterocycles. The Morgan fingerprint density at radius 3 is 1.19 bits per heavy atom. The Hall–Kier alpha value is -9.55. The molecule has 6 aromatic heterocycles. The van der Waals surface area contributed by atoms with Crippen LogP contribution in [0.2, 0.25) is 0 Å². The molecular weight excluding hydrogens is 1150 g/mol. The van der Waals surface area contributed by atoms with Crippen molar-refractivity contribution < 1.29 is 34.2 Å². The van der Waals surface area contributed by atoms with Crippen LogP contribution in [-0.4, -0.2) is 43.9 Å². The van der Waals surface area contributed by atoms with E-state index in [1.165, 1.54) is 16.7 Å². The van der Waals surface area contributed by atoms with E-state index in [0.717, 1.165) is 124 Å². The third kappa shape index (κ3) is 10.8. The van der Waals surface area contributed by atoms with Crippen molar-refractivity contribution in [3.05, 3.63) is 290 Å². The SMILES string of the molecule is [Ir+3].[c-]1c[n+](-c2nccn2-c2ccccc2-c2ccccc2)[nH]c1CCc1cc(CCc2c[c-][n+](-c3nccn3-c3ccccc3-c3ccccc3)[nH]2)cc(CCc2c[c-][n+](-c3nccn3-c3ccccc3-c3ccccc3)[nH]2)c1. The molecule has 0 aliphatic heterocycles. The van der Waals surface area contributed by atoms with Crippen LogP contribution in [0.5, 0.6) is 0 Å². The van der Waals surface area contributed by atoms with Gasteiger partial charge in [0.15, 0.2) is 0 Å². The fourth-order valence-corrected chi connectivity index (χ4v) is 10.5. The standard InChI is InChI=1S/C66H53N12.Ir/c1-4-16-52(17-5-1)58-22-10-13-25-61(58)73-43-37-67-64(73)76-40-34-55(70-76)31-28-49-46-50(29-32-56-35-41-77(71-56)65-68-38-44-74(65)62-26-14-11-23-59(62)53-18-6-2-7-19-53)48-51(47-49)30-33-57-36-42-78(72-57)66-69-39-45-75(66)63-27-15-12-24-60(63)54-20-8-3-9-21-54;/h1-27,34-35,37-39,42-48H,28-33H2,(H2,67,68,70,71);/q-1;+3/p+1. The van der Waals surface area contributed by atoms with E-state index < -0.39 is 0 Å². The number of aryl methyl sites for hydroxylation is 6. The van der Waals surface area contributed by atoms with Gasteiger partial charge in [0, 0.05) is 29.1 Å².